The highest BCUT2D eigenvalue weighted by molar-refractivity contribution is 5.75. The summed E-state index contributed by atoms with van der Waals surface area (Å²) in [4.78, 5) is 21.7. The first-order valence-electron chi connectivity index (χ1n) is 5.04. The van der Waals surface area contributed by atoms with Gasteiger partial charge in [-0.25, -0.2) is 13.6 Å². The minimum absolute atomic E-state index is 0.237. The number of hydrogen-bond acceptors (Lipinski definition) is 2. The molecule has 0 bridgehead atoms. The zero-order chi connectivity index (χ0) is 12.1. The van der Waals surface area contributed by atoms with Crippen molar-refractivity contribution in [3.05, 3.63) is 0 Å². The van der Waals surface area contributed by atoms with Crippen LogP contribution in [0.2, 0.25) is 0 Å². The first kappa shape index (κ1) is 12.7. The second-order valence-electron chi connectivity index (χ2n) is 3.79. The van der Waals surface area contributed by atoms with Gasteiger partial charge in [-0.05, 0) is 19.3 Å². The third-order valence-electron chi connectivity index (χ3n) is 2.53. The molecular weight excluding hydrogens is 222 g/mol. The number of carbonyl (C=O) groups excluding carboxylic acids is 1. The Morgan fingerprint density at radius 1 is 1.38 bits per heavy atom. The maximum Gasteiger partial charge on any atom is 0.315 e. The predicted molar refractivity (Wildman–Crippen MR) is 51.3 cm³/mol. The van der Waals surface area contributed by atoms with Crippen LogP contribution in [0.5, 0.6) is 0 Å². The molecule has 0 saturated heterocycles. The maximum absolute atomic E-state index is 11.8. The lowest BCUT2D eigenvalue weighted by molar-refractivity contribution is -0.141. The van der Waals surface area contributed by atoms with Crippen LogP contribution in [-0.2, 0) is 4.79 Å². The molecule has 0 aromatic heterocycles. The third kappa shape index (κ3) is 4.00. The van der Waals surface area contributed by atoms with Crippen LogP contribution in [0.15, 0.2) is 0 Å². The zero-order valence-electron chi connectivity index (χ0n) is 8.58. The molecule has 7 heteroatoms. The minimum Gasteiger partial charge on any atom is -0.481 e. The molecule has 0 radical (unpaired) electrons. The van der Waals surface area contributed by atoms with E-state index >= 15 is 0 Å². The Labute approximate surface area is 91.2 Å². The van der Waals surface area contributed by atoms with E-state index in [1.54, 1.807) is 0 Å². The van der Waals surface area contributed by atoms with E-state index in [1.807, 2.05) is 5.32 Å². The van der Waals surface area contributed by atoms with Crippen LogP contribution in [-0.4, -0.2) is 36.1 Å². The Morgan fingerprint density at radius 2 is 2.06 bits per heavy atom. The Hall–Kier alpha value is -1.40. The van der Waals surface area contributed by atoms with Gasteiger partial charge in [0.15, 0.2) is 0 Å². The summed E-state index contributed by atoms with van der Waals surface area (Å²) in [6.45, 7) is -0.694. The van der Waals surface area contributed by atoms with Gasteiger partial charge in [0, 0.05) is 6.04 Å². The van der Waals surface area contributed by atoms with Crippen molar-refractivity contribution in [1.82, 2.24) is 10.6 Å². The second kappa shape index (κ2) is 5.62. The molecule has 92 valence electrons. The first-order chi connectivity index (χ1) is 7.49. The Morgan fingerprint density at radius 3 is 2.56 bits per heavy atom. The van der Waals surface area contributed by atoms with E-state index in [-0.39, 0.29) is 6.04 Å². The van der Waals surface area contributed by atoms with E-state index in [9.17, 15) is 18.4 Å². The van der Waals surface area contributed by atoms with Crippen LogP contribution in [0.25, 0.3) is 0 Å². The van der Waals surface area contributed by atoms with Crippen LogP contribution < -0.4 is 10.6 Å². The number of aliphatic carboxylic acids is 1. The summed E-state index contributed by atoms with van der Waals surface area (Å²) in [5.41, 5.74) is 0. The summed E-state index contributed by atoms with van der Waals surface area (Å²) >= 11 is 0. The minimum atomic E-state index is -2.58. The molecular formula is C9H14F2N2O3. The normalized spacial score (nSPS) is 24.4. The highest BCUT2D eigenvalue weighted by atomic mass is 19.3. The Bertz CT molecular complexity index is 273. The van der Waals surface area contributed by atoms with Gasteiger partial charge < -0.3 is 15.7 Å². The highest BCUT2D eigenvalue weighted by Crippen LogP contribution is 2.25. The molecule has 1 aliphatic carbocycles. The number of carboxylic acid groups (broad SMARTS) is 1. The van der Waals surface area contributed by atoms with Gasteiger partial charge in [0.2, 0.25) is 0 Å². The lowest BCUT2D eigenvalue weighted by Crippen LogP contribution is -2.42. The van der Waals surface area contributed by atoms with Crippen molar-refractivity contribution in [3.63, 3.8) is 0 Å². The Balaban J connectivity index is 2.23. The average Bonchev–Trinajstić information content (AvgIpc) is 2.63. The van der Waals surface area contributed by atoms with Crippen molar-refractivity contribution in [3.8, 4) is 0 Å². The van der Waals surface area contributed by atoms with Gasteiger partial charge in [-0.15, -0.1) is 0 Å². The molecule has 2 unspecified atom stereocenters. The summed E-state index contributed by atoms with van der Waals surface area (Å²) in [5.74, 6) is -1.32. The molecule has 0 aromatic rings. The second-order valence-corrected chi connectivity index (χ2v) is 3.79. The van der Waals surface area contributed by atoms with E-state index in [4.69, 9.17) is 5.11 Å². The van der Waals surface area contributed by atoms with E-state index in [0.717, 1.165) is 0 Å². The summed E-state index contributed by atoms with van der Waals surface area (Å²) in [7, 11) is 0. The number of carbonyl (C=O) groups is 2. The fourth-order valence-electron chi connectivity index (χ4n) is 1.74. The van der Waals surface area contributed by atoms with Gasteiger partial charge >= 0.3 is 12.0 Å². The number of urea groups is 1. The molecule has 0 aliphatic heterocycles. The Kier molecular flexibility index (Phi) is 4.45. The average molecular weight is 236 g/mol. The van der Waals surface area contributed by atoms with E-state index in [1.165, 1.54) is 0 Å². The van der Waals surface area contributed by atoms with Crippen LogP contribution in [0.3, 0.4) is 0 Å². The number of halogens is 2. The van der Waals surface area contributed by atoms with Gasteiger partial charge in [-0.1, -0.05) is 0 Å². The van der Waals surface area contributed by atoms with E-state index in [2.05, 4.69) is 5.32 Å². The van der Waals surface area contributed by atoms with Gasteiger partial charge in [0.1, 0.15) is 0 Å². The summed E-state index contributed by atoms with van der Waals surface area (Å²) < 4.78 is 23.5. The molecule has 1 saturated carbocycles. The van der Waals surface area contributed by atoms with Crippen molar-refractivity contribution < 1.29 is 23.5 Å². The van der Waals surface area contributed by atoms with Crippen LogP contribution in [0.4, 0.5) is 13.6 Å². The summed E-state index contributed by atoms with van der Waals surface area (Å²) in [6, 6.07) is -0.907. The van der Waals surface area contributed by atoms with Crippen molar-refractivity contribution >= 4 is 12.0 Å². The van der Waals surface area contributed by atoms with Crippen LogP contribution in [0.1, 0.15) is 19.3 Å². The largest absolute Gasteiger partial charge is 0.481 e. The maximum atomic E-state index is 11.8. The number of rotatable bonds is 4. The molecule has 2 amide bonds. The number of nitrogens with one attached hydrogen (secondary N) is 2. The summed E-state index contributed by atoms with van der Waals surface area (Å²) in [5, 5.41) is 13.2. The molecule has 0 aromatic carbocycles. The van der Waals surface area contributed by atoms with Crippen molar-refractivity contribution in [2.45, 2.75) is 31.7 Å². The predicted octanol–water partition coefficient (Wildman–Crippen LogP) is 0.804. The molecule has 5 nitrogen and oxygen atoms in total. The molecule has 16 heavy (non-hydrogen) atoms. The zero-order valence-corrected chi connectivity index (χ0v) is 8.58. The van der Waals surface area contributed by atoms with E-state index in [0.29, 0.717) is 19.3 Å². The topological polar surface area (TPSA) is 78.4 Å². The molecule has 1 fully saturated rings. The molecule has 0 spiro atoms. The SMILES string of the molecule is O=C(NCC(F)F)NC1CCC(C(=O)O)C1. The molecule has 0 heterocycles. The quantitative estimate of drug-likeness (QED) is 0.675. The molecule has 2 atom stereocenters. The number of alkyl halides is 2. The fourth-order valence-corrected chi connectivity index (χ4v) is 1.74. The van der Waals surface area contributed by atoms with E-state index < -0.39 is 30.9 Å². The molecule has 1 aliphatic rings. The molecule has 3 N–H and O–H groups in total. The fraction of sp³-hybridized carbons (Fsp3) is 0.778. The van der Waals surface area contributed by atoms with Crippen LogP contribution in [0, 0.1) is 5.92 Å². The van der Waals surface area contributed by atoms with Crippen LogP contribution >= 0.6 is 0 Å². The van der Waals surface area contributed by atoms with Crippen molar-refractivity contribution in [1.29, 1.82) is 0 Å². The smallest absolute Gasteiger partial charge is 0.315 e. The standard InChI is InChI=1S/C9H14F2N2O3/c10-7(11)4-12-9(16)13-6-2-1-5(3-6)8(14)15/h5-7H,1-4H2,(H,14,15)(H2,12,13,16). The number of carboxylic acids is 1. The van der Waals surface area contributed by atoms with Gasteiger partial charge in [-0.3, -0.25) is 4.79 Å². The third-order valence-corrected chi connectivity index (χ3v) is 2.53. The number of amides is 2. The first-order valence-corrected chi connectivity index (χ1v) is 5.04. The van der Waals surface area contributed by atoms with Crippen molar-refractivity contribution in [2.75, 3.05) is 6.54 Å². The molecule has 1 rings (SSSR count). The lowest BCUT2D eigenvalue weighted by Gasteiger charge is -2.13. The number of hydrogen-bond donors (Lipinski definition) is 3. The van der Waals surface area contributed by atoms with Gasteiger partial charge in [-0.2, -0.15) is 0 Å². The monoisotopic (exact) mass is 236 g/mol. The van der Waals surface area contributed by atoms with Crippen molar-refractivity contribution in [2.24, 2.45) is 5.92 Å². The lowest BCUT2D eigenvalue weighted by atomic mass is 10.1. The summed E-state index contributed by atoms with van der Waals surface area (Å²) in [6.07, 6.45) is -1.15. The van der Waals surface area contributed by atoms with Gasteiger partial charge in [0.05, 0.1) is 12.5 Å². The van der Waals surface area contributed by atoms with Gasteiger partial charge in [0.25, 0.3) is 6.43 Å². The highest BCUT2D eigenvalue weighted by Gasteiger charge is 2.30.